The normalized spacial score (nSPS) is 30.8. The third kappa shape index (κ3) is 2.29. The van der Waals surface area contributed by atoms with Crippen molar-refractivity contribution in [3.05, 3.63) is 17.5 Å². The lowest BCUT2D eigenvalue weighted by atomic mass is 9.67. The molecule has 0 radical (unpaired) electrons. The average Bonchev–Trinajstić information content (AvgIpc) is 3.01. The van der Waals surface area contributed by atoms with Crippen molar-refractivity contribution < 1.29 is 23.6 Å². The van der Waals surface area contributed by atoms with Gasteiger partial charge in [0, 0.05) is 12.5 Å². The topological polar surface area (TPSA) is 127 Å². The first-order valence-corrected chi connectivity index (χ1v) is 9.68. The van der Waals surface area contributed by atoms with Crippen LogP contribution in [0.4, 0.5) is 10.5 Å². The first kappa shape index (κ1) is 18.3. The molecule has 2 fully saturated rings. The Labute approximate surface area is 169 Å². The number of nitrogens with zero attached hydrogens (tertiary/aromatic N) is 3. The number of pyridine rings is 1. The van der Waals surface area contributed by atoms with Gasteiger partial charge in [-0.05, 0) is 20.8 Å². The number of rotatable bonds is 0. The van der Waals surface area contributed by atoms with Gasteiger partial charge in [0.15, 0.2) is 11.0 Å². The standard InChI is InChI=1S/C18H18ClN5O5/c1-6-12-11(29-23-6)4-10-9(20-12)5-18(15(25)21-17(27)22-16(18)26)13-7(2)28-8(3)14(19)24(10)13/h4,7-8,13-14H,5H2,1-3H3,(H2,21,22,25,26,27). The Morgan fingerprint density at radius 3 is 2.59 bits per heavy atom. The predicted octanol–water partition coefficient (Wildman–Crippen LogP) is 0.987. The van der Waals surface area contributed by atoms with Gasteiger partial charge in [-0.1, -0.05) is 16.8 Å². The quantitative estimate of drug-likeness (QED) is 0.367. The maximum absolute atomic E-state index is 13.1. The molecule has 5 heterocycles. The Kier molecular flexibility index (Phi) is 3.72. The SMILES string of the molecule is Cc1noc2cc3c(nc12)CC1(C(=O)NC(=O)NC1=O)C1C(C)OC(C)C(Cl)N31. The molecule has 1 spiro atoms. The number of amides is 4. The number of hydrogen-bond donors (Lipinski definition) is 2. The molecular weight excluding hydrogens is 402 g/mol. The summed E-state index contributed by atoms with van der Waals surface area (Å²) in [6.07, 6.45) is -0.917. The molecule has 0 aliphatic carbocycles. The monoisotopic (exact) mass is 419 g/mol. The number of aryl methyl sites for hydroxylation is 1. The fourth-order valence-electron chi connectivity index (χ4n) is 4.73. The van der Waals surface area contributed by atoms with E-state index in [2.05, 4.69) is 20.8 Å². The molecule has 10 nitrogen and oxygen atoms in total. The highest BCUT2D eigenvalue weighted by Gasteiger charge is 2.64. The van der Waals surface area contributed by atoms with Crippen molar-refractivity contribution in [3.63, 3.8) is 0 Å². The molecule has 5 rings (SSSR count). The smallest absolute Gasteiger partial charge is 0.328 e. The second-order valence-electron chi connectivity index (χ2n) is 7.73. The van der Waals surface area contributed by atoms with Crippen molar-refractivity contribution in [3.8, 4) is 0 Å². The van der Waals surface area contributed by atoms with E-state index in [4.69, 9.17) is 20.9 Å². The fourth-order valence-corrected chi connectivity index (χ4v) is 5.02. The third-order valence-electron chi connectivity index (χ3n) is 5.99. The molecule has 2 aromatic heterocycles. The van der Waals surface area contributed by atoms with E-state index in [1.54, 1.807) is 24.8 Å². The van der Waals surface area contributed by atoms with E-state index >= 15 is 0 Å². The fraction of sp³-hybridized carbons (Fsp3) is 0.500. The molecule has 2 saturated heterocycles. The number of nitrogens with one attached hydrogen (secondary N) is 2. The highest BCUT2D eigenvalue weighted by Crippen LogP contribution is 2.49. The van der Waals surface area contributed by atoms with Gasteiger partial charge in [-0.3, -0.25) is 20.2 Å². The van der Waals surface area contributed by atoms with Gasteiger partial charge in [-0.2, -0.15) is 0 Å². The summed E-state index contributed by atoms with van der Waals surface area (Å²) in [7, 11) is 0. The van der Waals surface area contributed by atoms with Crippen molar-refractivity contribution >= 4 is 46.2 Å². The lowest BCUT2D eigenvalue weighted by molar-refractivity contribution is -0.154. The Morgan fingerprint density at radius 1 is 1.21 bits per heavy atom. The van der Waals surface area contributed by atoms with Crippen molar-refractivity contribution in [1.29, 1.82) is 0 Å². The van der Waals surface area contributed by atoms with Crippen molar-refractivity contribution in [1.82, 2.24) is 20.8 Å². The van der Waals surface area contributed by atoms with E-state index in [9.17, 15) is 14.4 Å². The Balaban J connectivity index is 1.78. The van der Waals surface area contributed by atoms with Gasteiger partial charge < -0.3 is 14.2 Å². The van der Waals surface area contributed by atoms with E-state index in [1.165, 1.54) is 0 Å². The van der Waals surface area contributed by atoms with Crippen LogP contribution in [-0.4, -0.2) is 51.7 Å². The minimum atomic E-state index is -1.63. The summed E-state index contributed by atoms with van der Waals surface area (Å²) in [5.74, 6) is -1.38. The number of alkyl halides is 1. The molecule has 3 aliphatic rings. The van der Waals surface area contributed by atoms with E-state index in [-0.39, 0.29) is 12.5 Å². The first-order chi connectivity index (χ1) is 13.7. The maximum Gasteiger partial charge on any atom is 0.328 e. The van der Waals surface area contributed by atoms with Crippen molar-refractivity contribution in [2.24, 2.45) is 5.41 Å². The van der Waals surface area contributed by atoms with E-state index < -0.39 is 40.9 Å². The van der Waals surface area contributed by atoms with E-state index in [0.29, 0.717) is 28.2 Å². The summed E-state index contributed by atoms with van der Waals surface area (Å²) in [5, 5.41) is 8.41. The molecule has 2 N–H and O–H groups in total. The number of halogens is 1. The molecule has 4 unspecified atom stereocenters. The van der Waals surface area contributed by atoms with Crippen LogP contribution in [0, 0.1) is 12.3 Å². The Morgan fingerprint density at radius 2 is 1.90 bits per heavy atom. The Bertz CT molecular complexity index is 1060. The molecule has 0 bridgehead atoms. The van der Waals surface area contributed by atoms with Gasteiger partial charge >= 0.3 is 6.03 Å². The van der Waals surface area contributed by atoms with E-state index in [0.717, 1.165) is 0 Å². The van der Waals surface area contributed by atoms with Gasteiger partial charge in [0.2, 0.25) is 11.8 Å². The number of anilines is 1. The zero-order valence-electron chi connectivity index (χ0n) is 15.9. The number of barbiturate groups is 1. The minimum absolute atomic E-state index is 0.0132. The molecule has 29 heavy (non-hydrogen) atoms. The molecule has 3 aliphatic heterocycles. The van der Waals surface area contributed by atoms with Gasteiger partial charge in [-0.25, -0.2) is 9.78 Å². The average molecular weight is 420 g/mol. The lowest BCUT2D eigenvalue weighted by Crippen LogP contribution is -2.76. The van der Waals surface area contributed by atoms with Crippen LogP contribution in [0.5, 0.6) is 0 Å². The molecule has 0 aromatic carbocycles. The third-order valence-corrected chi connectivity index (χ3v) is 6.55. The number of imide groups is 2. The molecular formula is C18H18ClN5O5. The largest absolute Gasteiger partial charge is 0.370 e. The summed E-state index contributed by atoms with van der Waals surface area (Å²) in [6.45, 7) is 5.36. The number of hydrogen-bond acceptors (Lipinski definition) is 8. The van der Waals surface area contributed by atoms with Crippen molar-refractivity contribution in [2.45, 2.75) is 50.9 Å². The number of carbonyl (C=O) groups is 3. The van der Waals surface area contributed by atoms with Crippen LogP contribution in [0.15, 0.2) is 10.6 Å². The minimum Gasteiger partial charge on any atom is -0.370 e. The molecule has 0 saturated carbocycles. The van der Waals surface area contributed by atoms with Gasteiger partial charge in [-0.15, -0.1) is 0 Å². The number of morpholine rings is 1. The highest BCUT2D eigenvalue weighted by atomic mass is 35.5. The van der Waals surface area contributed by atoms with Crippen LogP contribution < -0.4 is 15.5 Å². The molecule has 11 heteroatoms. The predicted molar refractivity (Wildman–Crippen MR) is 100 cm³/mol. The summed E-state index contributed by atoms with van der Waals surface area (Å²) >= 11 is 6.71. The van der Waals surface area contributed by atoms with Crippen LogP contribution in [0.25, 0.3) is 11.1 Å². The molecule has 2 aromatic rings. The van der Waals surface area contributed by atoms with Crippen LogP contribution in [0.1, 0.15) is 25.2 Å². The summed E-state index contributed by atoms with van der Waals surface area (Å²) in [4.78, 5) is 44.4. The second kappa shape index (κ2) is 5.90. The Hall–Kier alpha value is -2.72. The summed E-state index contributed by atoms with van der Waals surface area (Å²) < 4.78 is 11.3. The van der Waals surface area contributed by atoms with Gasteiger partial charge in [0.05, 0.1) is 29.6 Å². The van der Waals surface area contributed by atoms with Crippen molar-refractivity contribution in [2.75, 3.05) is 4.90 Å². The summed E-state index contributed by atoms with van der Waals surface area (Å²) in [5.41, 5.74) is 0.492. The van der Waals surface area contributed by atoms with Crippen LogP contribution in [-0.2, 0) is 20.7 Å². The lowest BCUT2D eigenvalue weighted by Gasteiger charge is -2.56. The number of carbonyl (C=O) groups excluding carboxylic acids is 3. The molecule has 152 valence electrons. The van der Waals surface area contributed by atoms with Gasteiger partial charge in [0.1, 0.15) is 16.7 Å². The molecule has 4 amide bonds. The zero-order valence-corrected chi connectivity index (χ0v) is 16.6. The number of urea groups is 1. The van der Waals surface area contributed by atoms with Crippen LogP contribution in [0.3, 0.4) is 0 Å². The van der Waals surface area contributed by atoms with E-state index in [1.807, 2.05) is 6.92 Å². The maximum atomic E-state index is 13.1. The number of fused-ring (bicyclic) bond motifs is 5. The van der Waals surface area contributed by atoms with Crippen LogP contribution in [0.2, 0.25) is 0 Å². The molecule has 4 atom stereocenters. The first-order valence-electron chi connectivity index (χ1n) is 9.24. The highest BCUT2D eigenvalue weighted by molar-refractivity contribution is 6.24. The second-order valence-corrected chi connectivity index (χ2v) is 8.17. The number of ether oxygens (including phenoxy) is 1. The zero-order chi connectivity index (χ0) is 20.7. The summed E-state index contributed by atoms with van der Waals surface area (Å²) in [6, 6.07) is 0.188. The number of aromatic nitrogens is 2. The van der Waals surface area contributed by atoms with Gasteiger partial charge in [0.25, 0.3) is 0 Å². The van der Waals surface area contributed by atoms with Crippen LogP contribution >= 0.6 is 11.6 Å².